The topological polar surface area (TPSA) is 41.9 Å². The number of rotatable bonds is 2. The van der Waals surface area contributed by atoms with Crippen molar-refractivity contribution in [2.75, 3.05) is 20.8 Å². The van der Waals surface area contributed by atoms with Crippen LogP contribution in [0.1, 0.15) is 24.0 Å². The van der Waals surface area contributed by atoms with Gasteiger partial charge in [0.05, 0.1) is 20.0 Å². The Hall–Kier alpha value is -1.94. The molecule has 4 rings (SSSR count). The molecule has 0 aromatic heterocycles. The van der Waals surface area contributed by atoms with Crippen molar-refractivity contribution in [3.8, 4) is 11.5 Å². The van der Waals surface area contributed by atoms with Gasteiger partial charge in [0.15, 0.2) is 11.5 Å². The van der Waals surface area contributed by atoms with Gasteiger partial charge in [-0.3, -0.25) is 4.90 Å². The third-order valence-corrected chi connectivity index (χ3v) is 5.19. The van der Waals surface area contributed by atoms with E-state index in [9.17, 15) is 5.11 Å². The highest BCUT2D eigenvalue weighted by Gasteiger charge is 2.36. The predicted octanol–water partition coefficient (Wildman–Crippen LogP) is 2.76. The summed E-state index contributed by atoms with van der Waals surface area (Å²) in [7, 11) is 3.38. The van der Waals surface area contributed by atoms with Crippen LogP contribution in [-0.4, -0.2) is 36.8 Å². The molecule has 1 atom stereocenters. The van der Waals surface area contributed by atoms with E-state index in [0.717, 1.165) is 43.7 Å². The molecule has 22 heavy (non-hydrogen) atoms. The number of methoxy groups -OCH3 is 2. The van der Waals surface area contributed by atoms with Gasteiger partial charge in [-0.25, -0.2) is 0 Å². The molecule has 0 unspecified atom stereocenters. The van der Waals surface area contributed by atoms with E-state index in [-0.39, 0.29) is 5.75 Å². The third kappa shape index (κ3) is 1.94. The van der Waals surface area contributed by atoms with Crippen molar-refractivity contribution in [2.45, 2.75) is 31.8 Å². The first-order valence-corrected chi connectivity index (χ1v) is 7.79. The van der Waals surface area contributed by atoms with Gasteiger partial charge in [0.25, 0.3) is 0 Å². The van der Waals surface area contributed by atoms with Crippen LogP contribution in [-0.2, 0) is 17.7 Å². The van der Waals surface area contributed by atoms with Gasteiger partial charge in [-0.2, -0.15) is 0 Å². The molecule has 116 valence electrons. The lowest BCUT2D eigenvalue weighted by Crippen LogP contribution is -2.44. The van der Waals surface area contributed by atoms with Gasteiger partial charge in [-0.1, -0.05) is 11.6 Å². The van der Waals surface area contributed by atoms with Crippen LogP contribution in [0.25, 0.3) is 0 Å². The maximum absolute atomic E-state index is 10.0. The molecule has 1 aromatic carbocycles. The van der Waals surface area contributed by atoms with Crippen LogP contribution < -0.4 is 4.74 Å². The van der Waals surface area contributed by atoms with Crippen LogP contribution >= 0.6 is 0 Å². The summed E-state index contributed by atoms with van der Waals surface area (Å²) in [6.45, 7) is 1.90. The molecule has 0 amide bonds. The van der Waals surface area contributed by atoms with Gasteiger partial charge in [0.1, 0.15) is 0 Å². The maximum atomic E-state index is 10.0. The van der Waals surface area contributed by atoms with Crippen molar-refractivity contribution in [2.24, 2.45) is 0 Å². The van der Waals surface area contributed by atoms with E-state index >= 15 is 0 Å². The molecule has 0 radical (unpaired) electrons. The van der Waals surface area contributed by atoms with Gasteiger partial charge in [-0.15, -0.1) is 0 Å². The first-order chi connectivity index (χ1) is 10.7. The van der Waals surface area contributed by atoms with Crippen LogP contribution in [0.15, 0.2) is 35.1 Å². The predicted molar refractivity (Wildman–Crippen MR) is 83.9 cm³/mol. The summed E-state index contributed by atoms with van der Waals surface area (Å²) in [6, 6.07) is 4.21. The molecule has 4 nitrogen and oxygen atoms in total. The monoisotopic (exact) mass is 299 g/mol. The second-order valence-corrected chi connectivity index (χ2v) is 6.25. The molecule has 4 heteroatoms. The molecule has 0 saturated carbocycles. The van der Waals surface area contributed by atoms with Gasteiger partial charge in [0.2, 0.25) is 0 Å². The van der Waals surface area contributed by atoms with E-state index in [4.69, 9.17) is 9.47 Å². The number of fused-ring (bicyclic) bond motifs is 3. The molecular formula is C18H21NO3. The minimum Gasteiger partial charge on any atom is -0.504 e. The van der Waals surface area contributed by atoms with Crippen molar-refractivity contribution >= 4 is 0 Å². The molecule has 1 N–H and O–H groups in total. The van der Waals surface area contributed by atoms with E-state index in [0.29, 0.717) is 11.8 Å². The minimum atomic E-state index is 0.235. The summed E-state index contributed by atoms with van der Waals surface area (Å²) >= 11 is 0. The number of aromatic hydroxyl groups is 1. The highest BCUT2D eigenvalue weighted by atomic mass is 16.5. The molecule has 0 saturated heterocycles. The first-order valence-electron chi connectivity index (χ1n) is 7.79. The van der Waals surface area contributed by atoms with Crippen LogP contribution in [0.2, 0.25) is 0 Å². The summed E-state index contributed by atoms with van der Waals surface area (Å²) in [5.41, 5.74) is 5.40. The minimum absolute atomic E-state index is 0.235. The lowest BCUT2D eigenvalue weighted by molar-refractivity contribution is 0.184. The van der Waals surface area contributed by atoms with Crippen molar-refractivity contribution in [3.05, 3.63) is 46.2 Å². The Morgan fingerprint density at radius 1 is 1.23 bits per heavy atom. The fraction of sp³-hybridized carbons (Fsp3) is 0.444. The molecule has 1 aromatic rings. The number of hydrogen-bond acceptors (Lipinski definition) is 4. The number of nitrogens with zero attached hydrogens (tertiary/aromatic N) is 1. The van der Waals surface area contributed by atoms with Crippen LogP contribution in [0, 0.1) is 0 Å². The van der Waals surface area contributed by atoms with E-state index in [1.807, 2.05) is 6.07 Å². The van der Waals surface area contributed by atoms with Crippen molar-refractivity contribution in [1.29, 1.82) is 0 Å². The number of phenols is 1. The number of phenolic OH excluding ortho intramolecular Hbond substituents is 1. The summed E-state index contributed by atoms with van der Waals surface area (Å²) in [6.07, 6.45) is 5.28. The molecule has 2 heterocycles. The SMILES string of the molecule is COC1=CC2=C(CCN3Cc4c(ccc(O)c4OC)C[C@@H]23)C1. The molecule has 1 aliphatic carbocycles. The number of allylic oxidation sites excluding steroid dienone is 1. The Balaban J connectivity index is 1.72. The van der Waals surface area contributed by atoms with Gasteiger partial charge < -0.3 is 14.6 Å². The zero-order valence-corrected chi connectivity index (χ0v) is 13.1. The van der Waals surface area contributed by atoms with Crippen LogP contribution in [0.3, 0.4) is 0 Å². The second kappa shape index (κ2) is 5.06. The average Bonchev–Trinajstić information content (AvgIpc) is 2.97. The smallest absolute Gasteiger partial charge is 0.165 e. The van der Waals surface area contributed by atoms with Crippen LogP contribution in [0.4, 0.5) is 0 Å². The Morgan fingerprint density at radius 2 is 2.09 bits per heavy atom. The summed E-state index contributed by atoms with van der Waals surface area (Å²) < 4.78 is 10.9. The fourth-order valence-corrected chi connectivity index (χ4v) is 4.05. The van der Waals surface area contributed by atoms with E-state index in [1.54, 1.807) is 20.3 Å². The zero-order chi connectivity index (χ0) is 15.3. The molecular weight excluding hydrogens is 278 g/mol. The van der Waals surface area contributed by atoms with E-state index < -0.39 is 0 Å². The fourth-order valence-electron chi connectivity index (χ4n) is 4.05. The van der Waals surface area contributed by atoms with Crippen molar-refractivity contribution in [1.82, 2.24) is 4.90 Å². The maximum Gasteiger partial charge on any atom is 0.165 e. The van der Waals surface area contributed by atoms with Crippen LogP contribution in [0.5, 0.6) is 11.5 Å². The second-order valence-electron chi connectivity index (χ2n) is 6.25. The number of benzene rings is 1. The zero-order valence-electron chi connectivity index (χ0n) is 13.1. The lowest BCUT2D eigenvalue weighted by Gasteiger charge is -2.41. The quantitative estimate of drug-likeness (QED) is 0.912. The Kier molecular flexibility index (Phi) is 3.15. The molecule has 0 bridgehead atoms. The van der Waals surface area contributed by atoms with Gasteiger partial charge in [0, 0.05) is 31.1 Å². The van der Waals surface area contributed by atoms with Gasteiger partial charge >= 0.3 is 0 Å². The van der Waals surface area contributed by atoms with Crippen molar-refractivity contribution in [3.63, 3.8) is 0 Å². The molecule has 0 fully saturated rings. The Labute approximate surface area is 130 Å². The standard InChI is InChI=1S/C18H21NO3/c1-21-13-7-12-5-6-19-10-15-11(8-16(19)14(12)9-13)3-4-17(20)18(15)22-2/h3-4,9,16,20H,5-8,10H2,1-2H3/t16-/m0/s1. The van der Waals surface area contributed by atoms with E-state index in [1.165, 1.54) is 16.7 Å². The molecule has 0 spiro atoms. The number of hydrogen-bond donors (Lipinski definition) is 1. The summed E-state index contributed by atoms with van der Waals surface area (Å²) in [5, 5.41) is 10.0. The Morgan fingerprint density at radius 3 is 2.86 bits per heavy atom. The van der Waals surface area contributed by atoms with E-state index in [2.05, 4.69) is 11.0 Å². The summed E-state index contributed by atoms with van der Waals surface area (Å²) in [4.78, 5) is 2.50. The molecule has 2 aliphatic heterocycles. The molecule has 3 aliphatic rings. The number of ether oxygens (including phenoxy) is 2. The van der Waals surface area contributed by atoms with Gasteiger partial charge in [-0.05, 0) is 36.1 Å². The largest absolute Gasteiger partial charge is 0.504 e. The Bertz CT molecular complexity index is 690. The lowest BCUT2D eigenvalue weighted by atomic mass is 9.85. The highest BCUT2D eigenvalue weighted by Crippen LogP contribution is 2.43. The average molecular weight is 299 g/mol. The summed E-state index contributed by atoms with van der Waals surface area (Å²) in [5.74, 6) is 1.95. The van der Waals surface area contributed by atoms with Crippen molar-refractivity contribution < 1.29 is 14.6 Å². The third-order valence-electron chi connectivity index (χ3n) is 5.19. The first kappa shape index (κ1) is 13.7. The normalized spacial score (nSPS) is 23.5. The highest BCUT2D eigenvalue weighted by molar-refractivity contribution is 5.53.